The molecule has 0 fully saturated rings. The van der Waals surface area contributed by atoms with E-state index in [0.717, 1.165) is 27.3 Å². The molecule has 0 aliphatic heterocycles. The topological polar surface area (TPSA) is 96.0 Å². The zero-order valence-corrected chi connectivity index (χ0v) is 24.9. The van der Waals surface area contributed by atoms with Crippen molar-refractivity contribution in [2.24, 2.45) is 0 Å². The number of rotatable bonds is 11. The summed E-state index contributed by atoms with van der Waals surface area (Å²) in [6.07, 6.45) is 1.06. The van der Waals surface area contributed by atoms with Gasteiger partial charge in [-0.25, -0.2) is 8.42 Å². The monoisotopic (exact) mass is 565 g/mol. The van der Waals surface area contributed by atoms with Crippen molar-refractivity contribution in [3.63, 3.8) is 0 Å². The summed E-state index contributed by atoms with van der Waals surface area (Å²) in [5.74, 6) is -0.240. The summed E-state index contributed by atoms with van der Waals surface area (Å²) < 4.78 is 32.5. The van der Waals surface area contributed by atoms with Crippen LogP contribution < -0.4 is 14.4 Å². The molecule has 0 radical (unpaired) electrons. The van der Waals surface area contributed by atoms with Crippen LogP contribution in [0.5, 0.6) is 5.75 Å². The highest BCUT2D eigenvalue weighted by atomic mass is 32.2. The Bertz CT molecular complexity index is 1400. The molecule has 0 spiro atoms. The van der Waals surface area contributed by atoms with Gasteiger partial charge in [-0.1, -0.05) is 54.6 Å². The first kappa shape index (κ1) is 30.7. The van der Waals surface area contributed by atoms with Crippen LogP contribution in [0, 0.1) is 6.92 Å². The molecule has 1 atom stereocenters. The minimum atomic E-state index is -3.83. The van der Waals surface area contributed by atoms with Crippen molar-refractivity contribution in [2.75, 3.05) is 17.1 Å². The summed E-state index contributed by atoms with van der Waals surface area (Å²) in [7, 11) is -3.83. The number of nitrogens with one attached hydrogen (secondary N) is 1. The lowest BCUT2D eigenvalue weighted by molar-refractivity contribution is -0.140. The Morgan fingerprint density at radius 3 is 2.10 bits per heavy atom. The fourth-order valence-electron chi connectivity index (χ4n) is 4.09. The van der Waals surface area contributed by atoms with Gasteiger partial charge in [0.1, 0.15) is 24.9 Å². The molecular weight excluding hydrogens is 526 g/mol. The number of sulfonamides is 1. The molecule has 1 N–H and O–H groups in total. The normalized spacial score (nSPS) is 12.3. The predicted octanol–water partition coefficient (Wildman–Crippen LogP) is 4.67. The lowest BCUT2D eigenvalue weighted by atomic mass is 10.1. The largest absolute Gasteiger partial charge is 0.489 e. The molecule has 0 bridgehead atoms. The second-order valence-corrected chi connectivity index (χ2v) is 12.8. The van der Waals surface area contributed by atoms with E-state index in [1.165, 1.54) is 4.90 Å². The fraction of sp³-hybridized carbons (Fsp3) is 0.355. The van der Waals surface area contributed by atoms with Gasteiger partial charge in [-0.2, -0.15) is 0 Å². The highest BCUT2D eigenvalue weighted by Gasteiger charge is 2.31. The average molecular weight is 566 g/mol. The molecule has 0 saturated carbocycles. The van der Waals surface area contributed by atoms with Crippen LogP contribution >= 0.6 is 0 Å². The lowest BCUT2D eigenvalue weighted by Gasteiger charge is -2.33. The van der Waals surface area contributed by atoms with Gasteiger partial charge < -0.3 is 15.0 Å². The van der Waals surface area contributed by atoms with Crippen LogP contribution in [0.4, 0.5) is 5.69 Å². The van der Waals surface area contributed by atoms with E-state index in [1.807, 2.05) is 82.3 Å². The number of hydrogen-bond donors (Lipinski definition) is 1. The van der Waals surface area contributed by atoms with E-state index in [1.54, 1.807) is 31.2 Å². The summed E-state index contributed by atoms with van der Waals surface area (Å²) in [6, 6.07) is 23.0. The minimum absolute atomic E-state index is 0.161. The van der Waals surface area contributed by atoms with Crippen molar-refractivity contribution in [3.05, 3.63) is 95.6 Å². The molecule has 9 heteroatoms. The van der Waals surface area contributed by atoms with Gasteiger partial charge in [-0.05, 0) is 75.6 Å². The maximum absolute atomic E-state index is 13.7. The van der Waals surface area contributed by atoms with E-state index in [0.29, 0.717) is 18.0 Å². The van der Waals surface area contributed by atoms with E-state index in [9.17, 15) is 18.0 Å². The van der Waals surface area contributed by atoms with Gasteiger partial charge in [0.15, 0.2) is 0 Å². The summed E-state index contributed by atoms with van der Waals surface area (Å²) in [6.45, 7) is 9.26. The van der Waals surface area contributed by atoms with Crippen LogP contribution in [0.3, 0.4) is 0 Å². The summed E-state index contributed by atoms with van der Waals surface area (Å²) in [5.41, 5.74) is 2.68. The Labute approximate surface area is 238 Å². The van der Waals surface area contributed by atoms with Crippen LogP contribution in [-0.2, 0) is 32.8 Å². The second kappa shape index (κ2) is 13.0. The summed E-state index contributed by atoms with van der Waals surface area (Å²) in [4.78, 5) is 28.3. The Hall–Kier alpha value is -3.85. The molecule has 8 nitrogen and oxygen atoms in total. The lowest BCUT2D eigenvalue weighted by Crippen LogP contribution is -2.54. The number of ether oxygens (including phenoxy) is 1. The Morgan fingerprint density at radius 1 is 0.925 bits per heavy atom. The zero-order chi connectivity index (χ0) is 29.5. The van der Waals surface area contributed by atoms with E-state index in [-0.39, 0.29) is 12.5 Å². The third-order valence-corrected chi connectivity index (χ3v) is 7.46. The molecule has 3 rings (SSSR count). The molecule has 0 saturated heterocycles. The number of amides is 2. The third kappa shape index (κ3) is 8.84. The number of hydrogen-bond acceptors (Lipinski definition) is 5. The van der Waals surface area contributed by atoms with Gasteiger partial charge in [0, 0.05) is 12.1 Å². The molecule has 3 aromatic rings. The third-order valence-electron chi connectivity index (χ3n) is 6.32. The second-order valence-electron chi connectivity index (χ2n) is 10.9. The number of aryl methyl sites for hydroxylation is 1. The molecule has 0 aromatic heterocycles. The number of carbonyl (C=O) groups is 2. The van der Waals surface area contributed by atoms with Crippen LogP contribution in [0.15, 0.2) is 78.9 Å². The first-order chi connectivity index (χ1) is 18.7. The first-order valence-electron chi connectivity index (χ1n) is 13.1. The van der Waals surface area contributed by atoms with Crippen LogP contribution in [0.1, 0.15) is 44.4 Å². The van der Waals surface area contributed by atoms with Gasteiger partial charge in [0.2, 0.25) is 21.8 Å². The van der Waals surface area contributed by atoms with Gasteiger partial charge in [0.05, 0.1) is 11.9 Å². The van der Waals surface area contributed by atoms with Crippen molar-refractivity contribution >= 4 is 27.5 Å². The molecule has 0 aliphatic carbocycles. The quantitative estimate of drug-likeness (QED) is 0.365. The van der Waals surface area contributed by atoms with Crippen molar-refractivity contribution in [3.8, 4) is 5.75 Å². The van der Waals surface area contributed by atoms with Crippen molar-refractivity contribution in [2.45, 2.75) is 59.4 Å². The molecule has 2 amide bonds. The van der Waals surface area contributed by atoms with Crippen molar-refractivity contribution in [1.29, 1.82) is 0 Å². The SMILES string of the molecule is Cc1ccccc1CN(C(=O)CN(c1ccc(OCc2ccccc2)cc1)S(C)(=O)=O)C(C)C(=O)NC(C)(C)C. The van der Waals surface area contributed by atoms with Gasteiger partial charge >= 0.3 is 0 Å². The zero-order valence-electron chi connectivity index (χ0n) is 24.0. The summed E-state index contributed by atoms with van der Waals surface area (Å²) in [5, 5.41) is 2.92. The van der Waals surface area contributed by atoms with E-state index in [4.69, 9.17) is 4.74 Å². The molecule has 0 heterocycles. The van der Waals surface area contributed by atoms with Crippen molar-refractivity contribution in [1.82, 2.24) is 10.2 Å². The number of anilines is 1. The highest BCUT2D eigenvalue weighted by Crippen LogP contribution is 2.23. The van der Waals surface area contributed by atoms with E-state index in [2.05, 4.69) is 5.32 Å². The highest BCUT2D eigenvalue weighted by molar-refractivity contribution is 7.92. The Morgan fingerprint density at radius 2 is 1.52 bits per heavy atom. The first-order valence-corrected chi connectivity index (χ1v) is 15.0. The maximum atomic E-state index is 13.7. The summed E-state index contributed by atoms with van der Waals surface area (Å²) >= 11 is 0. The molecule has 214 valence electrons. The molecule has 3 aromatic carbocycles. The maximum Gasteiger partial charge on any atom is 0.244 e. The Kier molecular flexibility index (Phi) is 9.98. The molecule has 1 unspecified atom stereocenters. The average Bonchev–Trinajstić information content (AvgIpc) is 2.89. The number of nitrogens with zero attached hydrogens (tertiary/aromatic N) is 2. The predicted molar refractivity (Wildman–Crippen MR) is 158 cm³/mol. The van der Waals surface area contributed by atoms with Gasteiger partial charge in [-0.3, -0.25) is 13.9 Å². The number of carbonyl (C=O) groups excluding carboxylic acids is 2. The number of benzene rings is 3. The van der Waals surface area contributed by atoms with Crippen LogP contribution in [-0.4, -0.2) is 49.5 Å². The van der Waals surface area contributed by atoms with Crippen LogP contribution in [0.25, 0.3) is 0 Å². The van der Waals surface area contributed by atoms with E-state index < -0.39 is 34.1 Å². The Balaban J connectivity index is 1.84. The fourth-order valence-corrected chi connectivity index (χ4v) is 4.94. The van der Waals surface area contributed by atoms with Gasteiger partial charge in [0.25, 0.3) is 0 Å². The molecular formula is C31H39N3O5S. The smallest absolute Gasteiger partial charge is 0.244 e. The van der Waals surface area contributed by atoms with Gasteiger partial charge in [-0.15, -0.1) is 0 Å². The molecule has 0 aliphatic rings. The minimum Gasteiger partial charge on any atom is -0.489 e. The standard InChI is InChI=1S/C31H39N3O5S/c1-23-12-10-11-15-26(23)20-33(24(2)30(36)32-31(3,4)5)29(35)21-34(40(6,37)38)27-16-18-28(19-17-27)39-22-25-13-8-7-9-14-25/h7-19,24H,20-22H2,1-6H3,(H,32,36). The van der Waals surface area contributed by atoms with Crippen LogP contribution in [0.2, 0.25) is 0 Å². The molecule has 40 heavy (non-hydrogen) atoms. The van der Waals surface area contributed by atoms with E-state index >= 15 is 0 Å². The van der Waals surface area contributed by atoms with Crippen molar-refractivity contribution < 1.29 is 22.7 Å².